The summed E-state index contributed by atoms with van der Waals surface area (Å²) in [5.41, 5.74) is 0.152. The number of aryl methyl sites for hydroxylation is 1. The number of carbonyl (C=O) groups excluding carboxylic acids is 1. The highest BCUT2D eigenvalue weighted by molar-refractivity contribution is 6.34. The van der Waals surface area contributed by atoms with Gasteiger partial charge in [0.25, 0.3) is 5.91 Å². The molecule has 0 unspecified atom stereocenters. The number of nitrogens with zero attached hydrogens (tertiary/aromatic N) is 2. The highest BCUT2D eigenvalue weighted by Crippen LogP contribution is 2.23. The van der Waals surface area contributed by atoms with Crippen molar-refractivity contribution < 1.29 is 18.0 Å². The fourth-order valence-corrected chi connectivity index (χ4v) is 2.54. The summed E-state index contributed by atoms with van der Waals surface area (Å²) >= 11 is 5.75. The number of anilines is 1. The molecule has 0 aliphatic heterocycles. The average molecular weight is 366 g/mol. The third-order valence-electron chi connectivity index (χ3n) is 3.55. The van der Waals surface area contributed by atoms with Crippen LogP contribution in [0.5, 0.6) is 0 Å². The summed E-state index contributed by atoms with van der Waals surface area (Å²) in [6, 6.07) is 5.44. The smallest absolute Gasteiger partial charge is 0.257 e. The van der Waals surface area contributed by atoms with Gasteiger partial charge in [-0.05, 0) is 37.3 Å². The second kappa shape index (κ2) is 6.60. The number of aromatic nitrogens is 2. The van der Waals surface area contributed by atoms with Crippen LogP contribution in [0.25, 0.3) is 5.69 Å². The van der Waals surface area contributed by atoms with Crippen LogP contribution in [0.2, 0.25) is 5.02 Å². The van der Waals surface area contributed by atoms with Gasteiger partial charge >= 0.3 is 0 Å². The highest BCUT2D eigenvalue weighted by Gasteiger charge is 2.16. The first-order valence-electron chi connectivity index (χ1n) is 7.12. The van der Waals surface area contributed by atoms with Crippen LogP contribution in [0.4, 0.5) is 18.9 Å². The van der Waals surface area contributed by atoms with Gasteiger partial charge in [-0.3, -0.25) is 4.79 Å². The Labute approximate surface area is 145 Å². The third kappa shape index (κ3) is 3.36. The number of carbonyl (C=O) groups is 1. The fraction of sp³-hybridized carbons (Fsp3) is 0.0588. The van der Waals surface area contributed by atoms with E-state index in [-0.39, 0.29) is 22.0 Å². The van der Waals surface area contributed by atoms with Crippen molar-refractivity contribution in [3.05, 3.63) is 76.6 Å². The molecule has 1 N–H and O–H groups in total. The Bertz CT molecular complexity index is 972. The molecule has 0 fully saturated rings. The van der Waals surface area contributed by atoms with Crippen molar-refractivity contribution in [3.8, 4) is 5.69 Å². The summed E-state index contributed by atoms with van der Waals surface area (Å²) in [4.78, 5) is 16.2. The number of benzene rings is 2. The van der Waals surface area contributed by atoms with E-state index in [1.165, 1.54) is 18.3 Å². The number of halogens is 4. The minimum absolute atomic E-state index is 0.143. The molecule has 3 aromatic rings. The number of hydrogen-bond acceptors (Lipinski definition) is 2. The van der Waals surface area contributed by atoms with Crippen molar-refractivity contribution in [2.24, 2.45) is 0 Å². The largest absolute Gasteiger partial charge is 0.322 e. The zero-order valence-corrected chi connectivity index (χ0v) is 13.6. The summed E-state index contributed by atoms with van der Waals surface area (Å²) in [6.07, 6.45) is 3.14. The van der Waals surface area contributed by atoms with Gasteiger partial charge in [-0.2, -0.15) is 0 Å². The second-order valence-corrected chi connectivity index (χ2v) is 5.62. The SMILES string of the molecule is Cc1nccn1-c1ccc(NC(=O)c2cc(F)c(F)cc2Cl)cc1F. The van der Waals surface area contributed by atoms with Gasteiger partial charge in [0.05, 0.1) is 16.3 Å². The lowest BCUT2D eigenvalue weighted by molar-refractivity contribution is 0.102. The maximum Gasteiger partial charge on any atom is 0.257 e. The Kier molecular flexibility index (Phi) is 4.50. The molecule has 25 heavy (non-hydrogen) atoms. The number of imidazole rings is 1. The Balaban J connectivity index is 1.87. The fourth-order valence-electron chi connectivity index (χ4n) is 2.31. The molecule has 0 aliphatic carbocycles. The number of rotatable bonds is 3. The Morgan fingerprint density at radius 3 is 2.48 bits per heavy atom. The second-order valence-electron chi connectivity index (χ2n) is 5.21. The maximum atomic E-state index is 14.3. The molecular weight excluding hydrogens is 355 g/mol. The van der Waals surface area contributed by atoms with Crippen LogP contribution in [0, 0.1) is 24.4 Å². The monoisotopic (exact) mass is 365 g/mol. The Hall–Kier alpha value is -2.80. The normalized spacial score (nSPS) is 10.8. The van der Waals surface area contributed by atoms with Crippen LogP contribution in [-0.2, 0) is 0 Å². The molecule has 0 bridgehead atoms. The molecule has 1 heterocycles. The predicted molar refractivity (Wildman–Crippen MR) is 87.6 cm³/mol. The predicted octanol–water partition coefficient (Wildman–Crippen LogP) is 4.50. The van der Waals surface area contributed by atoms with Crippen LogP contribution in [0.3, 0.4) is 0 Å². The van der Waals surface area contributed by atoms with Gasteiger partial charge < -0.3 is 9.88 Å². The number of hydrogen-bond donors (Lipinski definition) is 1. The van der Waals surface area contributed by atoms with Crippen LogP contribution in [-0.4, -0.2) is 15.5 Å². The Morgan fingerprint density at radius 2 is 1.84 bits per heavy atom. The molecule has 3 rings (SSSR count). The van der Waals surface area contributed by atoms with Crippen molar-refractivity contribution in [3.63, 3.8) is 0 Å². The molecule has 2 aromatic carbocycles. The highest BCUT2D eigenvalue weighted by atomic mass is 35.5. The molecule has 0 atom stereocenters. The minimum atomic E-state index is -1.20. The van der Waals surface area contributed by atoms with Gasteiger partial charge in [-0.15, -0.1) is 0 Å². The zero-order chi connectivity index (χ0) is 18.1. The van der Waals surface area contributed by atoms with Gasteiger partial charge in [0, 0.05) is 18.1 Å². The van der Waals surface area contributed by atoms with Gasteiger partial charge in [0.15, 0.2) is 11.6 Å². The maximum absolute atomic E-state index is 14.3. The molecule has 1 amide bonds. The van der Waals surface area contributed by atoms with Crippen molar-refractivity contribution >= 4 is 23.2 Å². The van der Waals surface area contributed by atoms with Gasteiger partial charge in [-0.25, -0.2) is 18.2 Å². The van der Waals surface area contributed by atoms with Crippen molar-refractivity contribution in [2.45, 2.75) is 6.92 Å². The Morgan fingerprint density at radius 1 is 1.12 bits per heavy atom. The van der Waals surface area contributed by atoms with Crippen molar-refractivity contribution in [1.82, 2.24) is 9.55 Å². The van der Waals surface area contributed by atoms with E-state index in [4.69, 9.17) is 11.6 Å². The topological polar surface area (TPSA) is 46.9 Å². The average Bonchev–Trinajstić information content (AvgIpc) is 2.97. The van der Waals surface area contributed by atoms with Crippen molar-refractivity contribution in [1.29, 1.82) is 0 Å². The third-order valence-corrected chi connectivity index (χ3v) is 3.86. The number of amides is 1. The first-order valence-corrected chi connectivity index (χ1v) is 7.50. The molecule has 0 radical (unpaired) electrons. The van der Waals surface area contributed by atoms with E-state index in [0.717, 1.165) is 6.07 Å². The van der Waals surface area contributed by atoms with E-state index in [0.29, 0.717) is 18.0 Å². The summed E-state index contributed by atoms with van der Waals surface area (Å²) in [5, 5.41) is 2.15. The summed E-state index contributed by atoms with van der Waals surface area (Å²) < 4.78 is 42.2. The lowest BCUT2D eigenvalue weighted by Crippen LogP contribution is -2.13. The van der Waals surface area contributed by atoms with E-state index < -0.39 is 23.4 Å². The van der Waals surface area contributed by atoms with Crippen LogP contribution < -0.4 is 5.32 Å². The minimum Gasteiger partial charge on any atom is -0.322 e. The zero-order valence-electron chi connectivity index (χ0n) is 12.9. The van der Waals surface area contributed by atoms with Crippen LogP contribution in [0.15, 0.2) is 42.7 Å². The van der Waals surface area contributed by atoms with Crippen LogP contribution >= 0.6 is 11.6 Å². The molecule has 0 saturated carbocycles. The van der Waals surface area contributed by atoms with Crippen LogP contribution in [0.1, 0.15) is 16.2 Å². The summed E-state index contributed by atoms with van der Waals surface area (Å²) in [5.74, 6) is -3.13. The lowest BCUT2D eigenvalue weighted by Gasteiger charge is -2.10. The molecule has 128 valence electrons. The molecule has 4 nitrogen and oxygen atoms in total. The molecule has 8 heteroatoms. The van der Waals surface area contributed by atoms with E-state index >= 15 is 0 Å². The molecular formula is C17H11ClF3N3O. The van der Waals surface area contributed by atoms with Gasteiger partial charge in [0.2, 0.25) is 0 Å². The molecule has 0 aliphatic rings. The number of nitrogens with one attached hydrogen (secondary N) is 1. The summed E-state index contributed by atoms with van der Waals surface area (Å²) in [6.45, 7) is 1.72. The van der Waals surface area contributed by atoms with E-state index in [1.807, 2.05) is 0 Å². The summed E-state index contributed by atoms with van der Waals surface area (Å²) in [7, 11) is 0. The standard InChI is InChI=1S/C17H11ClF3N3O/c1-9-22-4-5-24(9)16-3-2-10(6-15(16)21)23-17(25)11-7-13(19)14(20)8-12(11)18/h2-8H,1H3,(H,23,25). The van der Waals surface area contributed by atoms with Gasteiger partial charge in [0.1, 0.15) is 11.6 Å². The first-order chi connectivity index (χ1) is 11.9. The van der Waals surface area contributed by atoms with E-state index in [2.05, 4.69) is 10.3 Å². The van der Waals surface area contributed by atoms with Gasteiger partial charge in [-0.1, -0.05) is 11.6 Å². The van der Waals surface area contributed by atoms with E-state index in [1.54, 1.807) is 17.7 Å². The first kappa shape index (κ1) is 17.0. The molecule has 0 saturated heterocycles. The molecule has 1 aromatic heterocycles. The quantitative estimate of drug-likeness (QED) is 0.694. The van der Waals surface area contributed by atoms with Crippen molar-refractivity contribution in [2.75, 3.05) is 5.32 Å². The molecule has 0 spiro atoms. The lowest BCUT2D eigenvalue weighted by atomic mass is 10.2. The van der Waals surface area contributed by atoms with E-state index in [9.17, 15) is 18.0 Å².